The van der Waals surface area contributed by atoms with E-state index in [1.807, 2.05) is 0 Å². The molecule has 0 radical (unpaired) electrons. The Kier molecular flexibility index (Phi) is 11.8. The predicted molar refractivity (Wildman–Crippen MR) is 178 cm³/mol. The average molecular weight is 1150 g/mol. The maximum atomic E-state index is 16.4. The van der Waals surface area contributed by atoms with Crippen molar-refractivity contribution >= 4 is 0 Å². The van der Waals surface area contributed by atoms with Crippen molar-refractivity contribution in [1.29, 1.82) is 0 Å². The third kappa shape index (κ3) is 6.18. The molecule has 34 heteroatoms. The Bertz CT molecular complexity index is 3340. The summed E-state index contributed by atoms with van der Waals surface area (Å²) in [6.07, 6.45) is -30.5. The Morgan fingerprint density at radius 2 is 0.263 bits per heavy atom. The van der Waals surface area contributed by atoms with Gasteiger partial charge < -0.3 is 0 Å². The zero-order chi connectivity index (χ0) is 57.8. The van der Waals surface area contributed by atoms with Gasteiger partial charge in [0.2, 0.25) is 10.8 Å². The van der Waals surface area contributed by atoms with E-state index in [4.69, 9.17) is 0 Å². The summed E-state index contributed by atoms with van der Waals surface area (Å²) in [4.78, 5) is 0. The largest absolute Gasteiger partial charge is 0.411 e. The molecule has 0 atom stereocenters. The number of hydrogen-bond acceptors (Lipinski definition) is 0. The van der Waals surface area contributed by atoms with Crippen molar-refractivity contribution in [2.75, 3.05) is 0 Å². The van der Waals surface area contributed by atoms with Gasteiger partial charge in [0.05, 0.1) is 33.4 Å². The van der Waals surface area contributed by atoms with Crippen LogP contribution in [-0.4, -0.2) is 24.7 Å². The number of hydrogen-bond donors (Lipinski definition) is 0. The minimum Gasteiger partial charge on any atom is -0.206 e. The molecule has 0 heterocycles. The van der Waals surface area contributed by atoms with Crippen LogP contribution in [0.1, 0.15) is 22.3 Å². The second-order valence-electron chi connectivity index (χ2n) is 15.6. The molecule has 0 saturated heterocycles. The van der Waals surface area contributed by atoms with Crippen LogP contribution in [0.5, 0.6) is 0 Å². The fourth-order valence-corrected chi connectivity index (χ4v) is 9.22. The minimum absolute atomic E-state index is 3.16. The molecule has 2 aliphatic carbocycles. The van der Waals surface area contributed by atoms with Gasteiger partial charge in [-0.05, 0) is 0 Å². The Morgan fingerprint density at radius 3 is 0.434 bits per heavy atom. The lowest BCUT2D eigenvalue weighted by molar-refractivity contribution is -0.290. The lowest BCUT2D eigenvalue weighted by atomic mass is 9.75. The fraction of sp³-hybridized carbons (Fsp3) is 0.143. The molecule has 0 fully saturated rings. The van der Waals surface area contributed by atoms with Gasteiger partial charge in [-0.25, -0.2) is 96.6 Å². The Hall–Kier alpha value is -7.06. The molecular formula is C42F34. The number of halogens is 34. The van der Waals surface area contributed by atoms with Crippen LogP contribution >= 0.6 is 0 Å². The van der Waals surface area contributed by atoms with E-state index in [9.17, 15) is 79.0 Å². The van der Waals surface area contributed by atoms with E-state index in [0.29, 0.717) is 0 Å². The van der Waals surface area contributed by atoms with Crippen LogP contribution in [0.2, 0.25) is 0 Å². The maximum Gasteiger partial charge on any atom is 0.411 e. The molecule has 0 aromatic heterocycles. The van der Waals surface area contributed by atoms with Crippen LogP contribution in [-0.2, 0) is 10.8 Å². The highest BCUT2D eigenvalue weighted by molar-refractivity contribution is 5.90. The Morgan fingerprint density at radius 1 is 0.145 bits per heavy atom. The molecule has 0 spiro atoms. The lowest BCUT2D eigenvalue weighted by Crippen LogP contribution is -2.54. The van der Waals surface area contributed by atoms with Crippen molar-refractivity contribution in [2.24, 2.45) is 0 Å². The quantitative estimate of drug-likeness (QED) is 0.0941. The van der Waals surface area contributed by atoms with Crippen LogP contribution in [0, 0.1) is 128 Å². The molecule has 0 nitrogen and oxygen atoms in total. The molecule has 0 aliphatic heterocycles. The van der Waals surface area contributed by atoms with Gasteiger partial charge in [-0.3, -0.25) is 0 Å². The average Bonchev–Trinajstić information content (AvgIpc) is 3.85. The molecular weight excluding hydrogens is 1150 g/mol. The van der Waals surface area contributed by atoms with Gasteiger partial charge in [-0.2, -0.15) is 52.7 Å². The first kappa shape index (κ1) is 55.2. The smallest absolute Gasteiger partial charge is 0.206 e. The van der Waals surface area contributed by atoms with Crippen LogP contribution in [0.3, 0.4) is 0 Å². The normalized spacial score (nSPS) is 14.9. The molecule has 76 heavy (non-hydrogen) atoms. The maximum absolute atomic E-state index is 16.4. The van der Waals surface area contributed by atoms with Gasteiger partial charge >= 0.3 is 24.7 Å². The highest BCUT2D eigenvalue weighted by Gasteiger charge is 2.80. The summed E-state index contributed by atoms with van der Waals surface area (Å²) in [6, 6.07) is 0. The van der Waals surface area contributed by atoms with E-state index >= 15 is 70.2 Å². The van der Waals surface area contributed by atoms with Gasteiger partial charge in [-0.1, -0.05) is 0 Å². The SMILES string of the molecule is Fc1c(F)c(F)c2c(c1F)-c1c(F)c(F)c(-c3c(F)c(F)c(-c4c(F)c(F)c(-c5c(F)c(F)c6c(c5F)C(C(F)(F)F)(C(F)(F)F)c5c(F)c(F)c(F)c(F)c5-6)c(F)c4F)c(F)c3F)c(F)c1C2(C(F)(F)F)C(F)(F)F. The summed E-state index contributed by atoms with van der Waals surface area (Å²) < 4.78 is 516. The molecule has 6 aromatic rings. The lowest BCUT2D eigenvalue weighted by Gasteiger charge is -2.36. The van der Waals surface area contributed by atoms with E-state index in [1.54, 1.807) is 0 Å². The third-order valence-corrected chi connectivity index (χ3v) is 12.2. The van der Waals surface area contributed by atoms with Gasteiger partial charge in [0.25, 0.3) is 0 Å². The van der Waals surface area contributed by atoms with E-state index in [-0.39, 0.29) is 0 Å². The standard InChI is InChI=1S/C42F34/c43-15-5(21(49)17(45)1-3-13(31(59)35(63)33(61)19(3)47)37(11(1)15,39(65,66)67)40(68,69)70)7-23(51)27(55)9(28(56)24(7)52)10-29(57)25(53)8(26(54)30(10)58)6-16(44)12-2(18(46)22(6)50)4-14(32(60)36(64)34(62)20(4)48)38(12,41(71,72)73)42(74,75)76. The summed E-state index contributed by atoms with van der Waals surface area (Å²) >= 11 is 0. The second kappa shape index (κ2) is 16.2. The fourth-order valence-electron chi connectivity index (χ4n) is 9.22. The van der Waals surface area contributed by atoms with E-state index in [1.165, 1.54) is 0 Å². The first-order valence-electron chi connectivity index (χ1n) is 18.7. The summed E-state index contributed by atoms with van der Waals surface area (Å²) in [5.74, 6) is -83.2. The van der Waals surface area contributed by atoms with Crippen LogP contribution in [0.15, 0.2) is 0 Å². The summed E-state index contributed by atoms with van der Waals surface area (Å²) in [7, 11) is 0. The Balaban J connectivity index is 1.44. The van der Waals surface area contributed by atoms with Crippen molar-refractivity contribution in [2.45, 2.75) is 35.5 Å². The number of rotatable bonds is 3. The van der Waals surface area contributed by atoms with Crippen LogP contribution in [0.4, 0.5) is 149 Å². The van der Waals surface area contributed by atoms with Crippen LogP contribution < -0.4 is 0 Å². The highest BCUT2D eigenvalue weighted by atomic mass is 19.4. The van der Waals surface area contributed by atoms with Gasteiger partial charge in [-0.15, -0.1) is 0 Å². The molecule has 406 valence electrons. The summed E-state index contributed by atoms with van der Waals surface area (Å²) in [6.45, 7) is 0. The topological polar surface area (TPSA) is 0 Å². The van der Waals surface area contributed by atoms with Crippen molar-refractivity contribution in [3.8, 4) is 55.6 Å². The second-order valence-corrected chi connectivity index (χ2v) is 15.6. The Labute approximate surface area is 391 Å². The van der Waals surface area contributed by atoms with Crippen molar-refractivity contribution in [1.82, 2.24) is 0 Å². The number of alkyl halides is 12. The van der Waals surface area contributed by atoms with Crippen molar-refractivity contribution in [3.05, 3.63) is 150 Å². The molecule has 0 N–H and O–H groups in total. The highest BCUT2D eigenvalue weighted by Crippen LogP contribution is 2.69. The monoisotopic (exact) mass is 1150 g/mol. The van der Waals surface area contributed by atoms with E-state index < -0.39 is 241 Å². The number of benzene rings is 6. The summed E-state index contributed by atoms with van der Waals surface area (Å²) in [5, 5.41) is 0. The van der Waals surface area contributed by atoms with Crippen molar-refractivity contribution in [3.63, 3.8) is 0 Å². The molecule has 0 amide bonds. The van der Waals surface area contributed by atoms with E-state index in [2.05, 4.69) is 0 Å². The van der Waals surface area contributed by atoms with Gasteiger partial charge in [0.1, 0.15) is 11.6 Å². The molecule has 0 bridgehead atoms. The predicted octanol–water partition coefficient (Wildman–Crippen LogP) is 16.5. The third-order valence-electron chi connectivity index (χ3n) is 12.2. The molecule has 6 aromatic carbocycles. The summed E-state index contributed by atoms with van der Waals surface area (Å²) in [5.41, 5.74) is -63.0. The first-order valence-corrected chi connectivity index (χ1v) is 18.7. The van der Waals surface area contributed by atoms with Gasteiger partial charge in [0.15, 0.2) is 116 Å². The molecule has 8 rings (SSSR count). The van der Waals surface area contributed by atoms with Crippen molar-refractivity contribution < 1.29 is 149 Å². The first-order chi connectivity index (χ1) is 34.5. The number of fused-ring (bicyclic) bond motifs is 6. The minimum atomic E-state index is -7.63. The van der Waals surface area contributed by atoms with Gasteiger partial charge in [0, 0.05) is 44.5 Å². The molecule has 0 unspecified atom stereocenters. The van der Waals surface area contributed by atoms with Crippen LogP contribution in [0.25, 0.3) is 55.6 Å². The zero-order valence-corrected chi connectivity index (χ0v) is 33.9. The molecule has 0 saturated carbocycles. The zero-order valence-electron chi connectivity index (χ0n) is 33.9. The van der Waals surface area contributed by atoms with E-state index in [0.717, 1.165) is 0 Å². The molecule has 2 aliphatic rings.